The molecular formula is C35H38N2O3S2. The van der Waals surface area contributed by atoms with E-state index in [4.69, 9.17) is 4.74 Å². The number of benzene rings is 4. The lowest BCUT2D eigenvalue weighted by atomic mass is 9.93. The number of hydrogen-bond acceptors (Lipinski definition) is 6. The topological polar surface area (TPSA) is 58.6 Å². The highest BCUT2D eigenvalue weighted by atomic mass is 32.2. The Balaban J connectivity index is 1.74. The first-order chi connectivity index (χ1) is 20.4. The van der Waals surface area contributed by atoms with Crippen molar-refractivity contribution in [2.75, 3.05) is 30.3 Å². The third kappa shape index (κ3) is 7.99. The van der Waals surface area contributed by atoms with Crippen LogP contribution in [0.25, 0.3) is 11.1 Å². The van der Waals surface area contributed by atoms with Gasteiger partial charge in [-0.1, -0.05) is 72.8 Å². The Morgan fingerprint density at radius 2 is 1.52 bits per heavy atom. The molecule has 1 unspecified atom stereocenters. The van der Waals surface area contributed by atoms with Crippen LogP contribution in [0.4, 0.5) is 5.69 Å². The van der Waals surface area contributed by atoms with Crippen molar-refractivity contribution in [1.82, 2.24) is 5.32 Å². The van der Waals surface area contributed by atoms with Crippen LogP contribution in [0.5, 0.6) is 0 Å². The van der Waals surface area contributed by atoms with E-state index >= 15 is 0 Å². The molecule has 0 aliphatic heterocycles. The van der Waals surface area contributed by atoms with E-state index in [-0.39, 0.29) is 5.91 Å². The second-order valence-electron chi connectivity index (χ2n) is 10.0. The molecule has 7 heteroatoms. The Hall–Kier alpha value is -3.68. The lowest BCUT2D eigenvalue weighted by molar-refractivity contribution is -0.142. The minimum Gasteiger partial charge on any atom is -0.467 e. The fourth-order valence-electron chi connectivity index (χ4n) is 4.99. The van der Waals surface area contributed by atoms with E-state index in [2.05, 4.69) is 84.1 Å². The second-order valence-corrected chi connectivity index (χ2v) is 11.9. The first-order valence-corrected chi connectivity index (χ1v) is 16.6. The highest BCUT2D eigenvalue weighted by Gasteiger charge is 2.24. The molecule has 4 rings (SSSR count). The SMILES string of the molecule is COC(=O)C(CCSC)NC(=O)c1ccc(CN(Cc2ccccc2)c2ccccc2SC)cc1-c1ccccc1C. The van der Waals surface area contributed by atoms with Crippen molar-refractivity contribution in [2.24, 2.45) is 0 Å². The largest absolute Gasteiger partial charge is 0.467 e. The van der Waals surface area contributed by atoms with Crippen LogP contribution < -0.4 is 10.2 Å². The summed E-state index contributed by atoms with van der Waals surface area (Å²) < 4.78 is 4.98. The fourth-order valence-corrected chi connectivity index (χ4v) is 6.08. The number of hydrogen-bond donors (Lipinski definition) is 1. The van der Waals surface area contributed by atoms with Gasteiger partial charge >= 0.3 is 5.97 Å². The van der Waals surface area contributed by atoms with Gasteiger partial charge in [-0.05, 0) is 83.7 Å². The van der Waals surface area contributed by atoms with Gasteiger partial charge in [-0.2, -0.15) is 11.8 Å². The van der Waals surface area contributed by atoms with Crippen LogP contribution in [0.3, 0.4) is 0 Å². The molecule has 0 heterocycles. The number of rotatable bonds is 13. The van der Waals surface area contributed by atoms with E-state index in [1.165, 1.54) is 23.3 Å². The van der Waals surface area contributed by atoms with Crippen molar-refractivity contribution in [2.45, 2.75) is 37.4 Å². The molecule has 0 spiro atoms. The lowest BCUT2D eigenvalue weighted by Gasteiger charge is -2.28. The van der Waals surface area contributed by atoms with E-state index < -0.39 is 12.0 Å². The number of methoxy groups -OCH3 is 1. The molecule has 4 aromatic rings. The third-order valence-electron chi connectivity index (χ3n) is 7.18. The second kappa shape index (κ2) is 15.5. The first-order valence-electron chi connectivity index (χ1n) is 13.9. The summed E-state index contributed by atoms with van der Waals surface area (Å²) in [6.45, 7) is 3.46. The number of ether oxygens (including phenoxy) is 1. The van der Waals surface area contributed by atoms with E-state index in [1.54, 1.807) is 23.5 Å². The van der Waals surface area contributed by atoms with Gasteiger partial charge in [-0.15, -0.1) is 11.8 Å². The summed E-state index contributed by atoms with van der Waals surface area (Å²) in [5.41, 5.74) is 6.92. The van der Waals surface area contributed by atoms with Crippen molar-refractivity contribution >= 4 is 41.1 Å². The predicted molar refractivity (Wildman–Crippen MR) is 177 cm³/mol. The van der Waals surface area contributed by atoms with Gasteiger partial charge in [0.25, 0.3) is 5.91 Å². The van der Waals surface area contributed by atoms with Gasteiger partial charge in [-0.3, -0.25) is 4.79 Å². The molecule has 0 saturated carbocycles. The molecule has 42 heavy (non-hydrogen) atoms. The number of thioether (sulfide) groups is 2. The summed E-state index contributed by atoms with van der Waals surface area (Å²) in [6, 6.07) is 32.3. The van der Waals surface area contributed by atoms with Crippen LogP contribution in [0.1, 0.15) is 33.5 Å². The summed E-state index contributed by atoms with van der Waals surface area (Å²) in [7, 11) is 1.35. The number of esters is 1. The van der Waals surface area contributed by atoms with E-state index in [0.29, 0.717) is 18.5 Å². The normalized spacial score (nSPS) is 11.5. The Morgan fingerprint density at radius 3 is 2.24 bits per heavy atom. The number of para-hydroxylation sites is 1. The maximum absolute atomic E-state index is 13.7. The predicted octanol–water partition coefficient (Wildman–Crippen LogP) is 7.62. The minimum absolute atomic E-state index is 0.287. The average Bonchev–Trinajstić information content (AvgIpc) is 3.03. The van der Waals surface area contributed by atoms with Crippen molar-refractivity contribution < 1.29 is 14.3 Å². The molecule has 1 N–H and O–H groups in total. The smallest absolute Gasteiger partial charge is 0.328 e. The quantitative estimate of drug-likeness (QED) is 0.126. The average molecular weight is 599 g/mol. The Labute approximate surface area is 258 Å². The van der Waals surface area contributed by atoms with Gasteiger partial charge in [0.15, 0.2) is 0 Å². The molecule has 0 bridgehead atoms. The number of amides is 1. The summed E-state index contributed by atoms with van der Waals surface area (Å²) in [6.07, 6.45) is 4.58. The molecule has 1 atom stereocenters. The summed E-state index contributed by atoms with van der Waals surface area (Å²) in [4.78, 5) is 29.7. The zero-order valence-corrected chi connectivity index (χ0v) is 26.3. The van der Waals surface area contributed by atoms with Crippen LogP contribution in [0.15, 0.2) is 102 Å². The molecule has 0 fully saturated rings. The number of anilines is 1. The van der Waals surface area contributed by atoms with Crippen molar-refractivity contribution in [3.63, 3.8) is 0 Å². The zero-order chi connectivity index (χ0) is 29.9. The van der Waals surface area contributed by atoms with Gasteiger partial charge in [0.2, 0.25) is 0 Å². The van der Waals surface area contributed by atoms with Crippen LogP contribution in [0.2, 0.25) is 0 Å². The van der Waals surface area contributed by atoms with E-state index in [9.17, 15) is 9.59 Å². The molecule has 5 nitrogen and oxygen atoms in total. The Bertz CT molecular complexity index is 1490. The third-order valence-corrected chi connectivity index (χ3v) is 8.61. The highest BCUT2D eigenvalue weighted by molar-refractivity contribution is 7.98. The minimum atomic E-state index is -0.705. The maximum Gasteiger partial charge on any atom is 0.328 e. The fraction of sp³-hybridized carbons (Fsp3) is 0.257. The summed E-state index contributed by atoms with van der Waals surface area (Å²) in [5.74, 6) is 0.0129. The molecule has 0 radical (unpaired) electrons. The molecule has 0 aromatic heterocycles. The van der Waals surface area contributed by atoms with Crippen LogP contribution >= 0.6 is 23.5 Å². The van der Waals surface area contributed by atoms with Crippen molar-refractivity contribution in [3.05, 3.63) is 119 Å². The molecule has 0 aliphatic rings. The lowest BCUT2D eigenvalue weighted by Crippen LogP contribution is -2.42. The van der Waals surface area contributed by atoms with E-state index in [0.717, 1.165) is 34.6 Å². The van der Waals surface area contributed by atoms with Crippen LogP contribution in [-0.4, -0.2) is 43.3 Å². The van der Waals surface area contributed by atoms with Crippen LogP contribution in [0, 0.1) is 6.92 Å². The molecule has 218 valence electrons. The Kier molecular flexibility index (Phi) is 11.6. The summed E-state index contributed by atoms with van der Waals surface area (Å²) >= 11 is 3.36. The van der Waals surface area contributed by atoms with E-state index in [1.807, 2.05) is 42.7 Å². The molecule has 4 aromatic carbocycles. The van der Waals surface area contributed by atoms with Gasteiger partial charge in [0.05, 0.1) is 12.8 Å². The first kappa shape index (κ1) is 31.3. The molecule has 0 saturated heterocycles. The monoisotopic (exact) mass is 598 g/mol. The molecular weight excluding hydrogens is 561 g/mol. The number of nitrogens with zero attached hydrogens (tertiary/aromatic N) is 1. The van der Waals surface area contributed by atoms with Gasteiger partial charge < -0.3 is 15.0 Å². The standard InChI is InChI=1S/C35H38N2O3S2/c1-25-12-8-9-15-28(25)30-22-27(18-19-29(30)34(38)36-31(20-21-41-3)35(39)40-2)24-37(23-26-13-6-5-7-14-26)32-16-10-11-17-33(32)42-4/h5-19,22,31H,20-21,23-24H2,1-4H3,(H,36,38). The maximum atomic E-state index is 13.7. The van der Waals surface area contributed by atoms with Crippen molar-refractivity contribution in [1.29, 1.82) is 0 Å². The van der Waals surface area contributed by atoms with Gasteiger partial charge in [0, 0.05) is 23.5 Å². The zero-order valence-electron chi connectivity index (χ0n) is 24.6. The summed E-state index contributed by atoms with van der Waals surface area (Å²) in [5, 5.41) is 2.94. The number of aryl methyl sites for hydroxylation is 1. The Morgan fingerprint density at radius 1 is 0.833 bits per heavy atom. The van der Waals surface area contributed by atoms with Gasteiger partial charge in [0.1, 0.15) is 6.04 Å². The number of carbonyl (C=O) groups excluding carboxylic acids is 2. The highest BCUT2D eigenvalue weighted by Crippen LogP contribution is 2.33. The van der Waals surface area contributed by atoms with Crippen LogP contribution in [-0.2, 0) is 22.6 Å². The van der Waals surface area contributed by atoms with Gasteiger partial charge in [-0.25, -0.2) is 4.79 Å². The molecule has 0 aliphatic carbocycles. The number of carbonyl (C=O) groups is 2. The molecule has 1 amide bonds. The van der Waals surface area contributed by atoms with Crippen molar-refractivity contribution in [3.8, 4) is 11.1 Å². The number of nitrogens with one attached hydrogen (secondary N) is 1.